The zero-order valence-electron chi connectivity index (χ0n) is 8.67. The van der Waals surface area contributed by atoms with Crippen LogP contribution in [0.15, 0.2) is 22.7 Å². The summed E-state index contributed by atoms with van der Waals surface area (Å²) < 4.78 is 1.15. The number of fused-ring (bicyclic) bond motifs is 1. The predicted molar refractivity (Wildman–Crippen MR) is 64.8 cm³/mol. The van der Waals surface area contributed by atoms with Crippen LogP contribution in [0.5, 0.6) is 0 Å². The lowest BCUT2D eigenvalue weighted by Gasteiger charge is -2.26. The van der Waals surface area contributed by atoms with E-state index in [1.807, 2.05) is 0 Å². The molecule has 82 valence electrons. The summed E-state index contributed by atoms with van der Waals surface area (Å²) in [4.78, 5) is 0. The fraction of sp³-hybridized carbons (Fsp3) is 0.500. The van der Waals surface area contributed by atoms with Crippen LogP contribution in [0.4, 0.5) is 0 Å². The van der Waals surface area contributed by atoms with Crippen molar-refractivity contribution in [1.29, 1.82) is 0 Å². The van der Waals surface area contributed by atoms with Crippen molar-refractivity contribution in [3.63, 3.8) is 0 Å². The second-order valence-corrected chi connectivity index (χ2v) is 4.98. The topological polar surface area (TPSA) is 32.3 Å². The summed E-state index contributed by atoms with van der Waals surface area (Å²) >= 11 is 3.49. The highest BCUT2D eigenvalue weighted by atomic mass is 79.9. The summed E-state index contributed by atoms with van der Waals surface area (Å²) in [5.41, 5.74) is 2.84. The Kier molecular flexibility index (Phi) is 3.78. The summed E-state index contributed by atoms with van der Waals surface area (Å²) in [7, 11) is 0. The molecule has 0 aliphatic carbocycles. The summed E-state index contributed by atoms with van der Waals surface area (Å²) in [6.07, 6.45) is 3.04. The molecule has 0 aromatic heterocycles. The minimum Gasteiger partial charge on any atom is -0.396 e. The van der Waals surface area contributed by atoms with Gasteiger partial charge in [0.05, 0.1) is 0 Å². The SMILES string of the molecule is OCCCC1Cc2ccc(Br)cc2CN1. The summed E-state index contributed by atoms with van der Waals surface area (Å²) in [5.74, 6) is 0. The van der Waals surface area contributed by atoms with Crippen LogP contribution in [0.1, 0.15) is 24.0 Å². The van der Waals surface area contributed by atoms with Crippen LogP contribution in [-0.2, 0) is 13.0 Å². The first-order chi connectivity index (χ1) is 7.29. The van der Waals surface area contributed by atoms with Gasteiger partial charge in [0.1, 0.15) is 0 Å². The van der Waals surface area contributed by atoms with Crippen LogP contribution >= 0.6 is 15.9 Å². The van der Waals surface area contributed by atoms with E-state index >= 15 is 0 Å². The molecule has 2 rings (SSSR count). The summed E-state index contributed by atoms with van der Waals surface area (Å²) in [6, 6.07) is 7.02. The first-order valence-electron chi connectivity index (χ1n) is 5.41. The molecule has 3 heteroatoms. The molecule has 0 fully saturated rings. The Balaban J connectivity index is 2.03. The van der Waals surface area contributed by atoms with Gasteiger partial charge >= 0.3 is 0 Å². The maximum absolute atomic E-state index is 8.79. The average molecular weight is 270 g/mol. The molecule has 0 bridgehead atoms. The highest BCUT2D eigenvalue weighted by Gasteiger charge is 2.17. The van der Waals surface area contributed by atoms with Gasteiger partial charge in [-0.2, -0.15) is 0 Å². The van der Waals surface area contributed by atoms with Crippen molar-refractivity contribution in [3.05, 3.63) is 33.8 Å². The third-order valence-electron chi connectivity index (χ3n) is 2.93. The van der Waals surface area contributed by atoms with E-state index in [0.717, 1.165) is 30.3 Å². The van der Waals surface area contributed by atoms with Crippen molar-refractivity contribution in [2.45, 2.75) is 31.8 Å². The smallest absolute Gasteiger partial charge is 0.0431 e. The van der Waals surface area contributed by atoms with E-state index in [9.17, 15) is 0 Å². The fourth-order valence-corrected chi connectivity index (χ4v) is 2.50. The van der Waals surface area contributed by atoms with E-state index in [1.54, 1.807) is 0 Å². The van der Waals surface area contributed by atoms with Gasteiger partial charge in [0.25, 0.3) is 0 Å². The first-order valence-corrected chi connectivity index (χ1v) is 6.20. The van der Waals surface area contributed by atoms with Crippen LogP contribution < -0.4 is 5.32 Å². The second kappa shape index (κ2) is 5.10. The van der Waals surface area contributed by atoms with Gasteiger partial charge in [-0.3, -0.25) is 0 Å². The molecule has 1 heterocycles. The van der Waals surface area contributed by atoms with Crippen LogP contribution in [0.25, 0.3) is 0 Å². The molecular weight excluding hydrogens is 254 g/mol. The largest absolute Gasteiger partial charge is 0.396 e. The van der Waals surface area contributed by atoms with E-state index in [2.05, 4.69) is 39.4 Å². The Bertz CT molecular complexity index is 340. The van der Waals surface area contributed by atoms with Crippen LogP contribution in [0.3, 0.4) is 0 Å². The molecule has 1 aliphatic rings. The number of hydrogen-bond donors (Lipinski definition) is 2. The molecule has 1 aromatic rings. The Labute approximate surface area is 98.8 Å². The molecule has 1 atom stereocenters. The Morgan fingerprint density at radius 1 is 1.40 bits per heavy atom. The first kappa shape index (κ1) is 11.1. The molecule has 0 saturated carbocycles. The van der Waals surface area contributed by atoms with Crippen LogP contribution in [0.2, 0.25) is 0 Å². The van der Waals surface area contributed by atoms with Crippen LogP contribution in [0, 0.1) is 0 Å². The van der Waals surface area contributed by atoms with Crippen molar-refractivity contribution < 1.29 is 5.11 Å². The van der Waals surface area contributed by atoms with Crippen LogP contribution in [-0.4, -0.2) is 17.8 Å². The van der Waals surface area contributed by atoms with Gasteiger partial charge in [-0.15, -0.1) is 0 Å². The van der Waals surface area contributed by atoms with Gasteiger partial charge < -0.3 is 10.4 Å². The third-order valence-corrected chi connectivity index (χ3v) is 3.42. The molecule has 1 aromatic carbocycles. The van der Waals surface area contributed by atoms with Gasteiger partial charge in [0.2, 0.25) is 0 Å². The second-order valence-electron chi connectivity index (χ2n) is 4.06. The standard InChI is InChI=1S/C12H16BrNO/c13-11-4-3-9-7-12(2-1-5-15)14-8-10(9)6-11/h3-4,6,12,14-15H,1-2,5,7-8H2. The molecule has 0 spiro atoms. The number of rotatable bonds is 3. The Hall–Kier alpha value is -0.380. The minimum absolute atomic E-state index is 0.297. The molecule has 2 N–H and O–H groups in total. The molecular formula is C12H16BrNO. The van der Waals surface area contributed by atoms with E-state index in [0.29, 0.717) is 12.6 Å². The Morgan fingerprint density at radius 3 is 3.07 bits per heavy atom. The molecule has 1 unspecified atom stereocenters. The molecule has 2 nitrogen and oxygen atoms in total. The zero-order chi connectivity index (χ0) is 10.7. The molecule has 15 heavy (non-hydrogen) atoms. The normalized spacial score (nSPS) is 20.0. The van der Waals surface area contributed by atoms with Crippen molar-refractivity contribution in [2.24, 2.45) is 0 Å². The number of aliphatic hydroxyl groups is 1. The van der Waals surface area contributed by atoms with E-state index in [-0.39, 0.29) is 0 Å². The average Bonchev–Trinajstić information content (AvgIpc) is 2.26. The van der Waals surface area contributed by atoms with Crippen molar-refractivity contribution in [3.8, 4) is 0 Å². The predicted octanol–water partition coefficient (Wildman–Crippen LogP) is 2.24. The molecule has 0 saturated heterocycles. The van der Waals surface area contributed by atoms with Gasteiger partial charge in [-0.05, 0) is 42.5 Å². The van der Waals surface area contributed by atoms with E-state index in [1.165, 1.54) is 11.1 Å². The fourth-order valence-electron chi connectivity index (χ4n) is 2.09. The lowest BCUT2D eigenvalue weighted by atomic mass is 9.94. The number of halogens is 1. The van der Waals surface area contributed by atoms with E-state index in [4.69, 9.17) is 5.11 Å². The van der Waals surface area contributed by atoms with Gasteiger partial charge in [0.15, 0.2) is 0 Å². The lowest BCUT2D eigenvalue weighted by molar-refractivity contribution is 0.272. The number of nitrogens with one attached hydrogen (secondary N) is 1. The molecule has 0 radical (unpaired) electrons. The molecule has 1 aliphatic heterocycles. The van der Waals surface area contributed by atoms with Crippen molar-refractivity contribution in [1.82, 2.24) is 5.32 Å². The van der Waals surface area contributed by atoms with Crippen molar-refractivity contribution in [2.75, 3.05) is 6.61 Å². The lowest BCUT2D eigenvalue weighted by Crippen LogP contribution is -2.35. The zero-order valence-corrected chi connectivity index (χ0v) is 10.3. The highest BCUT2D eigenvalue weighted by molar-refractivity contribution is 9.10. The number of aliphatic hydroxyl groups excluding tert-OH is 1. The number of benzene rings is 1. The maximum atomic E-state index is 8.79. The minimum atomic E-state index is 0.297. The van der Waals surface area contributed by atoms with E-state index < -0.39 is 0 Å². The maximum Gasteiger partial charge on any atom is 0.0431 e. The summed E-state index contributed by atoms with van der Waals surface area (Å²) in [5, 5.41) is 12.3. The summed E-state index contributed by atoms with van der Waals surface area (Å²) in [6.45, 7) is 1.25. The van der Waals surface area contributed by atoms with Gasteiger partial charge in [-0.25, -0.2) is 0 Å². The van der Waals surface area contributed by atoms with Gasteiger partial charge in [0, 0.05) is 23.7 Å². The monoisotopic (exact) mass is 269 g/mol. The quantitative estimate of drug-likeness (QED) is 0.882. The molecule has 0 amide bonds. The Morgan fingerprint density at radius 2 is 2.27 bits per heavy atom. The third kappa shape index (κ3) is 2.80. The van der Waals surface area contributed by atoms with Gasteiger partial charge in [-0.1, -0.05) is 22.0 Å². The number of hydrogen-bond acceptors (Lipinski definition) is 2. The highest BCUT2D eigenvalue weighted by Crippen LogP contribution is 2.22. The van der Waals surface area contributed by atoms with Crippen molar-refractivity contribution >= 4 is 15.9 Å².